The predicted octanol–water partition coefficient (Wildman–Crippen LogP) is 3.29. The monoisotopic (exact) mass is 468 g/mol. The van der Waals surface area contributed by atoms with Crippen LogP contribution in [0.3, 0.4) is 0 Å². The number of carbonyl (C=O) groups excluding carboxylic acids is 2. The number of amides is 2. The van der Waals surface area contributed by atoms with E-state index in [9.17, 15) is 40.3 Å². The van der Waals surface area contributed by atoms with Crippen LogP contribution in [-0.4, -0.2) is 46.4 Å². The minimum atomic E-state index is -5.27. The van der Waals surface area contributed by atoms with Crippen molar-refractivity contribution in [3.05, 3.63) is 41.5 Å². The second kappa shape index (κ2) is 7.98. The molecule has 0 bridgehead atoms. The molecule has 2 atom stereocenters. The van der Waals surface area contributed by atoms with Crippen LogP contribution in [0.4, 0.5) is 36.4 Å². The smallest absolute Gasteiger partial charge is 0.400 e. The van der Waals surface area contributed by atoms with Crippen molar-refractivity contribution in [1.82, 2.24) is 14.7 Å². The van der Waals surface area contributed by atoms with E-state index >= 15 is 0 Å². The van der Waals surface area contributed by atoms with Crippen LogP contribution in [0.25, 0.3) is 0 Å². The SMILES string of the molecule is CN1C[C@H](c2cc(C(F)(F)F)nn2C)[C@@H](C(=O)Nc2cccc(F)c2OC(F)(F)F)C1=O. The van der Waals surface area contributed by atoms with E-state index in [0.29, 0.717) is 12.1 Å². The highest BCUT2D eigenvalue weighted by Crippen LogP contribution is 2.38. The molecule has 2 heterocycles. The molecule has 1 saturated heterocycles. The van der Waals surface area contributed by atoms with Gasteiger partial charge in [0.2, 0.25) is 11.8 Å². The summed E-state index contributed by atoms with van der Waals surface area (Å²) in [4.78, 5) is 26.5. The van der Waals surface area contributed by atoms with Gasteiger partial charge in [0.25, 0.3) is 0 Å². The number of benzene rings is 1. The molecule has 2 aromatic rings. The number of carbonyl (C=O) groups is 2. The van der Waals surface area contributed by atoms with Gasteiger partial charge in [-0.15, -0.1) is 13.2 Å². The number of aromatic nitrogens is 2. The number of rotatable bonds is 4. The molecule has 1 N–H and O–H groups in total. The lowest BCUT2D eigenvalue weighted by Gasteiger charge is -2.19. The van der Waals surface area contributed by atoms with Gasteiger partial charge in [-0.05, 0) is 18.2 Å². The molecule has 7 nitrogen and oxygen atoms in total. The van der Waals surface area contributed by atoms with E-state index in [1.807, 2.05) is 5.32 Å². The van der Waals surface area contributed by atoms with Gasteiger partial charge in [-0.25, -0.2) is 4.39 Å². The average molecular weight is 468 g/mol. The summed E-state index contributed by atoms with van der Waals surface area (Å²) in [5, 5.41) is 5.38. The number of ether oxygens (including phenoxy) is 1. The summed E-state index contributed by atoms with van der Waals surface area (Å²) >= 11 is 0. The van der Waals surface area contributed by atoms with Gasteiger partial charge < -0.3 is 15.0 Å². The Hall–Kier alpha value is -3.32. The Balaban J connectivity index is 1.95. The fourth-order valence-electron chi connectivity index (χ4n) is 3.46. The number of halogens is 7. The molecule has 3 rings (SSSR count). The number of nitrogens with zero attached hydrogens (tertiary/aromatic N) is 3. The molecule has 0 saturated carbocycles. The van der Waals surface area contributed by atoms with Crippen molar-refractivity contribution in [3.63, 3.8) is 0 Å². The Morgan fingerprint density at radius 3 is 2.41 bits per heavy atom. The van der Waals surface area contributed by atoms with Crippen LogP contribution in [0.5, 0.6) is 5.75 Å². The fraction of sp³-hybridized carbons (Fsp3) is 0.389. The summed E-state index contributed by atoms with van der Waals surface area (Å²) in [6.45, 7) is -0.150. The van der Waals surface area contributed by atoms with Gasteiger partial charge in [0.1, 0.15) is 5.92 Å². The number of alkyl halides is 6. The second-order valence-electron chi connectivity index (χ2n) is 7.03. The maximum atomic E-state index is 13.9. The highest BCUT2D eigenvalue weighted by Gasteiger charge is 2.47. The molecular weight excluding hydrogens is 453 g/mol. The van der Waals surface area contributed by atoms with Gasteiger partial charge in [-0.1, -0.05) is 6.07 Å². The fourth-order valence-corrected chi connectivity index (χ4v) is 3.46. The van der Waals surface area contributed by atoms with Crippen molar-refractivity contribution in [2.45, 2.75) is 18.5 Å². The summed E-state index contributed by atoms with van der Waals surface area (Å²) in [5.41, 5.74) is -2.02. The maximum Gasteiger partial charge on any atom is 0.573 e. The topological polar surface area (TPSA) is 76.5 Å². The molecule has 0 spiro atoms. The molecule has 1 aliphatic heterocycles. The van der Waals surface area contributed by atoms with Gasteiger partial charge >= 0.3 is 12.5 Å². The van der Waals surface area contributed by atoms with Crippen molar-refractivity contribution < 1.29 is 45.1 Å². The van der Waals surface area contributed by atoms with Crippen LogP contribution < -0.4 is 10.1 Å². The number of aryl methyl sites for hydroxylation is 1. The number of nitrogens with one attached hydrogen (secondary N) is 1. The molecule has 0 unspecified atom stereocenters. The minimum absolute atomic E-state index is 0.0822. The molecule has 0 radical (unpaired) electrons. The average Bonchev–Trinajstić information content (AvgIpc) is 3.17. The van der Waals surface area contributed by atoms with E-state index in [4.69, 9.17) is 0 Å². The summed E-state index contributed by atoms with van der Waals surface area (Å²) < 4.78 is 95.3. The number of para-hydroxylation sites is 1. The molecular formula is C18H15F7N4O3. The lowest BCUT2D eigenvalue weighted by atomic mass is 9.91. The molecule has 1 aromatic heterocycles. The van der Waals surface area contributed by atoms with Crippen LogP contribution >= 0.6 is 0 Å². The molecule has 32 heavy (non-hydrogen) atoms. The van der Waals surface area contributed by atoms with Crippen LogP contribution in [0.1, 0.15) is 17.3 Å². The highest BCUT2D eigenvalue weighted by molar-refractivity contribution is 6.08. The number of hydrogen-bond donors (Lipinski definition) is 1. The van der Waals surface area contributed by atoms with Gasteiger partial charge in [0.15, 0.2) is 17.3 Å². The summed E-state index contributed by atoms with van der Waals surface area (Å²) in [6, 6.07) is 3.29. The zero-order valence-corrected chi connectivity index (χ0v) is 16.4. The zero-order valence-electron chi connectivity index (χ0n) is 16.4. The molecule has 1 aromatic carbocycles. The van der Waals surface area contributed by atoms with E-state index in [2.05, 4.69) is 9.84 Å². The van der Waals surface area contributed by atoms with Crippen molar-refractivity contribution in [2.75, 3.05) is 18.9 Å². The van der Waals surface area contributed by atoms with Gasteiger partial charge in [-0.2, -0.15) is 18.3 Å². The zero-order chi connectivity index (χ0) is 24.0. The first-order valence-electron chi connectivity index (χ1n) is 8.90. The number of anilines is 1. The largest absolute Gasteiger partial charge is 0.573 e. The highest BCUT2D eigenvalue weighted by atomic mass is 19.4. The normalized spacial score (nSPS) is 19.4. The first-order valence-corrected chi connectivity index (χ1v) is 8.90. The van der Waals surface area contributed by atoms with Gasteiger partial charge in [0.05, 0.1) is 5.69 Å². The molecule has 1 aliphatic rings. The predicted molar refractivity (Wildman–Crippen MR) is 93.8 cm³/mol. The van der Waals surface area contributed by atoms with Crippen molar-refractivity contribution >= 4 is 17.5 Å². The van der Waals surface area contributed by atoms with E-state index in [1.54, 1.807) is 0 Å². The Kier molecular flexibility index (Phi) is 5.82. The summed E-state index contributed by atoms with van der Waals surface area (Å²) in [6.07, 6.45) is -10.0. The Bertz CT molecular complexity index is 1050. The Morgan fingerprint density at radius 2 is 1.84 bits per heavy atom. The first-order chi connectivity index (χ1) is 14.7. The number of likely N-dealkylation sites (N-methyl/N-ethyl adjacent to an activating group) is 1. The van der Waals surface area contributed by atoms with Gasteiger partial charge in [-0.3, -0.25) is 14.3 Å². The molecule has 14 heteroatoms. The van der Waals surface area contributed by atoms with Crippen molar-refractivity contribution in [2.24, 2.45) is 13.0 Å². The van der Waals surface area contributed by atoms with E-state index in [1.165, 1.54) is 14.1 Å². The number of hydrogen-bond acceptors (Lipinski definition) is 4. The van der Waals surface area contributed by atoms with Crippen LogP contribution in [0.15, 0.2) is 24.3 Å². The third kappa shape index (κ3) is 4.62. The molecule has 2 amide bonds. The van der Waals surface area contributed by atoms with Crippen LogP contribution in [-0.2, 0) is 22.8 Å². The number of likely N-dealkylation sites (tertiary alicyclic amines) is 1. The third-order valence-electron chi connectivity index (χ3n) is 4.83. The maximum absolute atomic E-state index is 13.9. The van der Waals surface area contributed by atoms with E-state index in [-0.39, 0.29) is 12.2 Å². The lowest BCUT2D eigenvalue weighted by Crippen LogP contribution is -2.33. The molecule has 1 fully saturated rings. The van der Waals surface area contributed by atoms with E-state index < -0.39 is 59.1 Å². The van der Waals surface area contributed by atoms with Crippen molar-refractivity contribution in [1.29, 1.82) is 0 Å². The van der Waals surface area contributed by atoms with Crippen LogP contribution in [0, 0.1) is 11.7 Å². The lowest BCUT2D eigenvalue weighted by molar-refractivity contribution is -0.275. The van der Waals surface area contributed by atoms with Crippen molar-refractivity contribution in [3.8, 4) is 5.75 Å². The third-order valence-corrected chi connectivity index (χ3v) is 4.83. The minimum Gasteiger partial charge on any atom is -0.400 e. The van der Waals surface area contributed by atoms with E-state index in [0.717, 1.165) is 21.7 Å². The molecule has 0 aliphatic carbocycles. The summed E-state index contributed by atoms with van der Waals surface area (Å²) in [5.74, 6) is -7.36. The standard InChI is InChI=1S/C18H15F7N4O3/c1-28-7-8(11-6-12(17(20,21)22)27-29(11)2)13(16(28)31)15(30)26-10-5-3-4-9(19)14(10)32-18(23,24)25/h3-6,8,13H,7H2,1-2H3,(H,26,30)/t8-,13+/m1/s1. The quantitative estimate of drug-likeness (QED) is 0.552. The second-order valence-corrected chi connectivity index (χ2v) is 7.03. The Morgan fingerprint density at radius 1 is 1.19 bits per heavy atom. The molecule has 174 valence electrons. The van der Waals surface area contributed by atoms with Gasteiger partial charge in [0, 0.05) is 32.3 Å². The first kappa shape index (κ1) is 23.3. The Labute approximate surface area is 175 Å². The summed E-state index contributed by atoms with van der Waals surface area (Å²) in [7, 11) is 2.51. The van der Waals surface area contributed by atoms with Crippen LogP contribution in [0.2, 0.25) is 0 Å².